The second kappa shape index (κ2) is 5.84. The summed E-state index contributed by atoms with van der Waals surface area (Å²) in [6.07, 6.45) is 4.55. The van der Waals surface area contributed by atoms with Crippen molar-refractivity contribution in [3.63, 3.8) is 0 Å². The molecular formula is C11H21N5. The second-order valence-corrected chi connectivity index (χ2v) is 4.28. The Bertz CT molecular complexity index is 301. The van der Waals surface area contributed by atoms with Crippen molar-refractivity contribution in [3.8, 4) is 0 Å². The molecule has 2 N–H and O–H groups in total. The zero-order valence-electron chi connectivity index (χ0n) is 10.00. The first-order valence-corrected chi connectivity index (χ1v) is 6.27. The zero-order valence-corrected chi connectivity index (χ0v) is 10.00. The number of nitrogens with one attached hydrogen (secondary N) is 2. The van der Waals surface area contributed by atoms with Gasteiger partial charge in [-0.2, -0.15) is 4.98 Å². The van der Waals surface area contributed by atoms with Crippen LogP contribution in [0.1, 0.15) is 32.0 Å². The van der Waals surface area contributed by atoms with Crippen LogP contribution in [0.25, 0.3) is 0 Å². The monoisotopic (exact) mass is 223 g/mol. The number of hydrogen-bond acceptors (Lipinski definition) is 4. The van der Waals surface area contributed by atoms with Crippen molar-refractivity contribution < 1.29 is 0 Å². The van der Waals surface area contributed by atoms with Gasteiger partial charge < -0.3 is 10.2 Å². The maximum absolute atomic E-state index is 4.54. The van der Waals surface area contributed by atoms with E-state index in [0.717, 1.165) is 44.4 Å². The highest BCUT2D eigenvalue weighted by molar-refractivity contribution is 5.28. The van der Waals surface area contributed by atoms with E-state index in [9.17, 15) is 0 Å². The van der Waals surface area contributed by atoms with Crippen molar-refractivity contribution in [2.45, 2.75) is 32.6 Å². The van der Waals surface area contributed by atoms with Gasteiger partial charge in [0.2, 0.25) is 5.95 Å². The minimum Gasteiger partial charge on any atom is -0.338 e. The van der Waals surface area contributed by atoms with Crippen LogP contribution in [0.15, 0.2) is 0 Å². The van der Waals surface area contributed by atoms with Crippen molar-refractivity contribution in [3.05, 3.63) is 5.82 Å². The molecule has 1 aliphatic rings. The highest BCUT2D eigenvalue weighted by atomic mass is 15.4. The van der Waals surface area contributed by atoms with E-state index in [1.807, 2.05) is 0 Å². The lowest BCUT2D eigenvalue weighted by Crippen LogP contribution is -2.28. The second-order valence-electron chi connectivity index (χ2n) is 4.28. The number of aromatic amines is 1. The quantitative estimate of drug-likeness (QED) is 0.798. The molecule has 0 spiro atoms. The maximum Gasteiger partial charge on any atom is 0.244 e. The first kappa shape index (κ1) is 11.4. The van der Waals surface area contributed by atoms with Crippen molar-refractivity contribution in [2.75, 3.05) is 31.1 Å². The molecule has 0 saturated carbocycles. The summed E-state index contributed by atoms with van der Waals surface area (Å²) in [6, 6.07) is 0. The summed E-state index contributed by atoms with van der Waals surface area (Å²) in [7, 11) is 0. The van der Waals surface area contributed by atoms with E-state index in [2.05, 4.69) is 32.3 Å². The van der Waals surface area contributed by atoms with Crippen LogP contribution in [0.2, 0.25) is 0 Å². The summed E-state index contributed by atoms with van der Waals surface area (Å²) in [4.78, 5) is 6.80. The predicted molar refractivity (Wildman–Crippen MR) is 64.7 cm³/mol. The molecule has 16 heavy (non-hydrogen) atoms. The maximum atomic E-state index is 4.54. The minimum absolute atomic E-state index is 0.870. The summed E-state index contributed by atoms with van der Waals surface area (Å²) in [5, 5.41) is 10.7. The van der Waals surface area contributed by atoms with Crippen LogP contribution in [-0.2, 0) is 6.42 Å². The molecule has 0 radical (unpaired) electrons. The highest BCUT2D eigenvalue weighted by Gasteiger charge is 2.13. The Balaban J connectivity index is 1.94. The third-order valence-corrected chi connectivity index (χ3v) is 2.91. The normalized spacial score (nSPS) is 17.4. The summed E-state index contributed by atoms with van der Waals surface area (Å²) >= 11 is 0. The molecule has 2 rings (SSSR count). The highest BCUT2D eigenvalue weighted by Crippen LogP contribution is 2.09. The molecule has 2 heterocycles. The Morgan fingerprint density at radius 3 is 3.12 bits per heavy atom. The molecule has 0 amide bonds. The topological polar surface area (TPSA) is 56.8 Å². The fraction of sp³-hybridized carbons (Fsp3) is 0.818. The fourth-order valence-electron chi connectivity index (χ4n) is 1.93. The van der Waals surface area contributed by atoms with Crippen LogP contribution in [0.4, 0.5) is 5.95 Å². The van der Waals surface area contributed by atoms with Crippen molar-refractivity contribution in [1.29, 1.82) is 0 Å². The van der Waals surface area contributed by atoms with E-state index in [4.69, 9.17) is 0 Å². The summed E-state index contributed by atoms with van der Waals surface area (Å²) in [6.45, 7) is 6.38. The molecule has 90 valence electrons. The zero-order chi connectivity index (χ0) is 11.2. The van der Waals surface area contributed by atoms with Crippen LogP contribution in [-0.4, -0.2) is 41.4 Å². The number of anilines is 1. The van der Waals surface area contributed by atoms with E-state index in [0.29, 0.717) is 0 Å². The van der Waals surface area contributed by atoms with Gasteiger partial charge in [0, 0.05) is 26.1 Å². The van der Waals surface area contributed by atoms with Gasteiger partial charge in [-0.25, -0.2) is 0 Å². The van der Waals surface area contributed by atoms with E-state index >= 15 is 0 Å². The molecular weight excluding hydrogens is 202 g/mol. The number of unbranched alkanes of at least 4 members (excludes halogenated alkanes) is 1. The molecule has 5 nitrogen and oxygen atoms in total. The van der Waals surface area contributed by atoms with Gasteiger partial charge in [0.1, 0.15) is 5.82 Å². The molecule has 1 fully saturated rings. The first-order valence-electron chi connectivity index (χ1n) is 6.27. The van der Waals surface area contributed by atoms with Crippen LogP contribution in [0.3, 0.4) is 0 Å². The average Bonchev–Trinajstić information content (AvgIpc) is 2.60. The standard InChI is InChI=1S/C11H21N5/c1-2-3-5-10-13-11(15-14-10)16-8-4-6-12-7-9-16/h12H,2-9H2,1H3,(H,13,14,15). The molecule has 0 atom stereocenters. The minimum atomic E-state index is 0.870. The molecule has 0 bridgehead atoms. The lowest BCUT2D eigenvalue weighted by molar-refractivity contribution is 0.724. The molecule has 1 aliphatic heterocycles. The summed E-state index contributed by atoms with van der Waals surface area (Å²) < 4.78 is 0. The molecule has 0 aliphatic carbocycles. The Kier molecular flexibility index (Phi) is 4.16. The summed E-state index contributed by atoms with van der Waals surface area (Å²) in [5.41, 5.74) is 0. The molecule has 0 aromatic carbocycles. The third kappa shape index (κ3) is 2.95. The predicted octanol–water partition coefficient (Wildman–Crippen LogP) is 0.947. The first-order chi connectivity index (χ1) is 7.90. The van der Waals surface area contributed by atoms with Gasteiger partial charge in [-0.15, -0.1) is 5.10 Å². The number of nitrogens with zero attached hydrogens (tertiary/aromatic N) is 3. The van der Waals surface area contributed by atoms with Gasteiger partial charge in [0.05, 0.1) is 0 Å². The lowest BCUT2D eigenvalue weighted by atomic mass is 10.2. The van der Waals surface area contributed by atoms with Crippen LogP contribution < -0.4 is 10.2 Å². The molecule has 0 unspecified atom stereocenters. The van der Waals surface area contributed by atoms with E-state index in [1.165, 1.54) is 19.3 Å². The fourth-order valence-corrected chi connectivity index (χ4v) is 1.93. The van der Waals surface area contributed by atoms with Gasteiger partial charge >= 0.3 is 0 Å². The average molecular weight is 223 g/mol. The summed E-state index contributed by atoms with van der Waals surface area (Å²) in [5.74, 6) is 1.89. The van der Waals surface area contributed by atoms with Crippen LogP contribution in [0, 0.1) is 0 Å². The Labute approximate surface area is 96.6 Å². The molecule has 1 saturated heterocycles. The molecule has 1 aromatic rings. The number of aromatic nitrogens is 3. The SMILES string of the molecule is CCCCc1nc(N2CCCNCC2)n[nH]1. The number of rotatable bonds is 4. The lowest BCUT2D eigenvalue weighted by Gasteiger charge is -2.16. The molecule has 1 aromatic heterocycles. The van der Waals surface area contributed by atoms with Crippen LogP contribution >= 0.6 is 0 Å². The number of hydrogen-bond donors (Lipinski definition) is 2. The Morgan fingerprint density at radius 2 is 2.25 bits per heavy atom. The van der Waals surface area contributed by atoms with Crippen molar-refractivity contribution in [2.24, 2.45) is 0 Å². The number of aryl methyl sites for hydroxylation is 1. The van der Waals surface area contributed by atoms with Gasteiger partial charge in [0.15, 0.2) is 0 Å². The van der Waals surface area contributed by atoms with E-state index in [1.54, 1.807) is 0 Å². The Morgan fingerprint density at radius 1 is 1.31 bits per heavy atom. The van der Waals surface area contributed by atoms with Gasteiger partial charge in [-0.05, 0) is 19.4 Å². The van der Waals surface area contributed by atoms with Gasteiger partial charge in [0.25, 0.3) is 0 Å². The third-order valence-electron chi connectivity index (χ3n) is 2.91. The van der Waals surface area contributed by atoms with Gasteiger partial charge in [-0.3, -0.25) is 5.10 Å². The largest absolute Gasteiger partial charge is 0.338 e. The number of H-pyrrole nitrogens is 1. The van der Waals surface area contributed by atoms with Crippen LogP contribution in [0.5, 0.6) is 0 Å². The van der Waals surface area contributed by atoms with Crippen molar-refractivity contribution >= 4 is 5.95 Å². The van der Waals surface area contributed by atoms with Gasteiger partial charge in [-0.1, -0.05) is 13.3 Å². The molecule has 5 heteroatoms. The van der Waals surface area contributed by atoms with Crippen molar-refractivity contribution in [1.82, 2.24) is 20.5 Å². The Hall–Kier alpha value is -1.10. The van der Waals surface area contributed by atoms with E-state index < -0.39 is 0 Å². The van der Waals surface area contributed by atoms with E-state index in [-0.39, 0.29) is 0 Å². The smallest absolute Gasteiger partial charge is 0.244 e.